The Morgan fingerprint density at radius 1 is 1.09 bits per heavy atom. The van der Waals surface area contributed by atoms with Gasteiger partial charge in [-0.25, -0.2) is 4.52 Å². The number of thiazole rings is 1. The first-order valence-corrected chi connectivity index (χ1v) is 10.6. The van der Waals surface area contributed by atoms with Gasteiger partial charge in [-0.3, -0.25) is 24.6 Å². The number of nitrogens with one attached hydrogen (secondary N) is 1. The van der Waals surface area contributed by atoms with E-state index in [9.17, 15) is 14.4 Å². The molecular formula is C22H17N5O4S. The number of aromatic nitrogens is 3. The van der Waals surface area contributed by atoms with Crippen molar-refractivity contribution in [3.05, 3.63) is 75.8 Å². The van der Waals surface area contributed by atoms with Crippen LogP contribution in [0.5, 0.6) is 5.75 Å². The third-order valence-electron chi connectivity index (χ3n) is 5.20. The summed E-state index contributed by atoms with van der Waals surface area (Å²) >= 11 is 1.42. The molecule has 1 aliphatic heterocycles. The molecule has 1 aliphatic rings. The molecule has 0 bridgehead atoms. The Labute approximate surface area is 186 Å². The van der Waals surface area contributed by atoms with Gasteiger partial charge in [-0.15, -0.1) is 16.4 Å². The number of nitrogens with zero attached hydrogens (tertiary/aromatic N) is 4. The number of anilines is 1. The first kappa shape index (κ1) is 19.9. The van der Waals surface area contributed by atoms with Crippen molar-refractivity contribution >= 4 is 40.0 Å². The van der Waals surface area contributed by atoms with E-state index >= 15 is 0 Å². The number of rotatable bonds is 5. The van der Waals surface area contributed by atoms with E-state index in [0.717, 1.165) is 11.3 Å². The van der Waals surface area contributed by atoms with Crippen molar-refractivity contribution in [3.8, 4) is 5.75 Å². The highest BCUT2D eigenvalue weighted by atomic mass is 32.1. The first-order chi connectivity index (χ1) is 15.4. The van der Waals surface area contributed by atoms with Crippen molar-refractivity contribution < 1.29 is 19.1 Å². The SMILES string of the molecule is COc1ccc(CN2C(=O)c3ccc(C(=O)Nc4nc5scc(C)n5n4)cc3C2=O)cc1. The molecule has 3 amide bonds. The number of carbonyl (C=O) groups is 3. The lowest BCUT2D eigenvalue weighted by Crippen LogP contribution is -2.29. The predicted octanol–water partition coefficient (Wildman–Crippen LogP) is 3.16. The van der Waals surface area contributed by atoms with E-state index in [1.165, 1.54) is 34.4 Å². The molecule has 160 valence electrons. The van der Waals surface area contributed by atoms with Crippen LogP contribution < -0.4 is 10.1 Å². The highest BCUT2D eigenvalue weighted by molar-refractivity contribution is 7.15. The second kappa shape index (κ2) is 7.57. The molecule has 2 aromatic heterocycles. The molecule has 2 aromatic carbocycles. The number of hydrogen-bond acceptors (Lipinski definition) is 7. The van der Waals surface area contributed by atoms with E-state index in [1.54, 1.807) is 35.9 Å². The van der Waals surface area contributed by atoms with Gasteiger partial charge in [0.25, 0.3) is 23.7 Å². The Balaban J connectivity index is 1.36. The summed E-state index contributed by atoms with van der Waals surface area (Å²) in [6.07, 6.45) is 0. The number of imide groups is 1. The molecule has 0 atom stereocenters. The third kappa shape index (κ3) is 3.30. The van der Waals surface area contributed by atoms with Gasteiger partial charge in [0.1, 0.15) is 5.75 Å². The third-order valence-corrected chi connectivity index (χ3v) is 6.14. The van der Waals surface area contributed by atoms with Crippen LogP contribution in [0, 0.1) is 6.92 Å². The van der Waals surface area contributed by atoms with Crippen molar-refractivity contribution in [1.82, 2.24) is 19.5 Å². The smallest absolute Gasteiger partial charge is 0.261 e. The number of benzene rings is 2. The molecule has 3 heterocycles. The Morgan fingerprint density at radius 3 is 2.56 bits per heavy atom. The molecule has 0 saturated carbocycles. The standard InChI is InChI=1S/C22H17N5O4S/c1-12-11-32-22-24-21(25-27(12)22)23-18(28)14-5-8-16-17(9-14)20(30)26(19(16)29)10-13-3-6-15(31-2)7-4-13/h3-9,11H,10H2,1-2H3,(H,23,25,28). The molecule has 1 N–H and O–H groups in total. The van der Waals surface area contributed by atoms with Crippen LogP contribution in [-0.2, 0) is 6.54 Å². The quantitative estimate of drug-likeness (QED) is 0.471. The molecular weight excluding hydrogens is 430 g/mol. The average molecular weight is 447 g/mol. The molecule has 9 nitrogen and oxygen atoms in total. The van der Waals surface area contributed by atoms with Crippen LogP contribution in [-0.4, -0.2) is 44.3 Å². The first-order valence-electron chi connectivity index (χ1n) is 9.70. The van der Waals surface area contributed by atoms with Gasteiger partial charge < -0.3 is 4.74 Å². The Morgan fingerprint density at radius 2 is 1.84 bits per heavy atom. The second-order valence-corrected chi connectivity index (χ2v) is 8.10. The summed E-state index contributed by atoms with van der Waals surface area (Å²) < 4.78 is 6.77. The molecule has 0 radical (unpaired) electrons. The van der Waals surface area contributed by atoms with Crippen molar-refractivity contribution in [2.45, 2.75) is 13.5 Å². The fourth-order valence-electron chi connectivity index (χ4n) is 3.51. The summed E-state index contributed by atoms with van der Waals surface area (Å²) in [5, 5.41) is 8.82. The maximum absolute atomic E-state index is 12.9. The molecule has 0 unspecified atom stereocenters. The van der Waals surface area contributed by atoms with Gasteiger partial charge >= 0.3 is 0 Å². The lowest BCUT2D eigenvalue weighted by atomic mass is 10.1. The lowest BCUT2D eigenvalue weighted by molar-refractivity contribution is 0.0642. The van der Waals surface area contributed by atoms with Crippen LogP contribution in [0.1, 0.15) is 42.3 Å². The highest BCUT2D eigenvalue weighted by Crippen LogP contribution is 2.26. The number of amides is 3. The number of aryl methyl sites for hydroxylation is 1. The Bertz CT molecular complexity index is 1390. The molecule has 10 heteroatoms. The fourth-order valence-corrected chi connectivity index (χ4v) is 4.31. The second-order valence-electron chi connectivity index (χ2n) is 7.27. The summed E-state index contributed by atoms with van der Waals surface area (Å²) in [5.41, 5.74) is 2.42. The normalized spacial score (nSPS) is 13.0. The van der Waals surface area contributed by atoms with Crippen molar-refractivity contribution in [2.75, 3.05) is 12.4 Å². The van der Waals surface area contributed by atoms with Crippen molar-refractivity contribution in [1.29, 1.82) is 0 Å². The highest BCUT2D eigenvalue weighted by Gasteiger charge is 2.36. The van der Waals surface area contributed by atoms with Crippen LogP contribution in [0.2, 0.25) is 0 Å². The van der Waals surface area contributed by atoms with E-state index in [0.29, 0.717) is 10.7 Å². The zero-order chi connectivity index (χ0) is 22.4. The lowest BCUT2D eigenvalue weighted by Gasteiger charge is -2.14. The summed E-state index contributed by atoms with van der Waals surface area (Å²) in [6.45, 7) is 2.02. The molecule has 4 aromatic rings. The minimum absolute atomic E-state index is 0.131. The Kier molecular flexibility index (Phi) is 4.71. The minimum atomic E-state index is -0.461. The maximum atomic E-state index is 12.9. The molecule has 0 saturated heterocycles. The number of carbonyl (C=O) groups excluding carboxylic acids is 3. The molecule has 0 aliphatic carbocycles. The van der Waals surface area contributed by atoms with Gasteiger partial charge in [0.05, 0.1) is 30.5 Å². The van der Waals surface area contributed by atoms with Crippen molar-refractivity contribution in [2.24, 2.45) is 0 Å². The van der Waals surface area contributed by atoms with E-state index < -0.39 is 11.8 Å². The zero-order valence-corrected chi connectivity index (χ0v) is 18.0. The van der Waals surface area contributed by atoms with Crippen LogP contribution in [0.15, 0.2) is 47.8 Å². The zero-order valence-electron chi connectivity index (χ0n) is 17.2. The van der Waals surface area contributed by atoms with Gasteiger partial charge in [0.2, 0.25) is 4.96 Å². The molecule has 0 spiro atoms. The van der Waals surface area contributed by atoms with E-state index in [1.807, 2.05) is 12.3 Å². The Hall–Kier alpha value is -4.05. The van der Waals surface area contributed by atoms with Gasteiger partial charge in [0.15, 0.2) is 0 Å². The topological polar surface area (TPSA) is 106 Å². The van der Waals surface area contributed by atoms with Gasteiger partial charge in [0, 0.05) is 10.9 Å². The van der Waals surface area contributed by atoms with Crippen LogP contribution >= 0.6 is 11.3 Å². The summed E-state index contributed by atoms with van der Waals surface area (Å²) in [4.78, 5) is 44.5. The number of ether oxygens (including phenoxy) is 1. The number of hydrogen-bond donors (Lipinski definition) is 1. The molecule has 0 fully saturated rings. The van der Waals surface area contributed by atoms with Gasteiger partial charge in [-0.2, -0.15) is 4.98 Å². The molecule has 5 rings (SSSR count). The fraction of sp³-hybridized carbons (Fsp3) is 0.136. The summed E-state index contributed by atoms with van der Waals surface area (Å²) in [5.74, 6) is -0.425. The number of fused-ring (bicyclic) bond motifs is 2. The van der Waals surface area contributed by atoms with Gasteiger partial charge in [-0.1, -0.05) is 12.1 Å². The van der Waals surface area contributed by atoms with Crippen LogP contribution in [0.3, 0.4) is 0 Å². The van der Waals surface area contributed by atoms with Gasteiger partial charge in [-0.05, 0) is 42.8 Å². The van der Waals surface area contributed by atoms with E-state index in [2.05, 4.69) is 15.4 Å². The van der Waals surface area contributed by atoms with E-state index in [4.69, 9.17) is 4.74 Å². The van der Waals surface area contributed by atoms with E-state index in [-0.39, 0.29) is 35.1 Å². The average Bonchev–Trinajstić information content (AvgIpc) is 3.43. The molecule has 32 heavy (non-hydrogen) atoms. The predicted molar refractivity (Wildman–Crippen MR) is 117 cm³/mol. The summed E-state index contributed by atoms with van der Waals surface area (Å²) in [6, 6.07) is 11.6. The largest absolute Gasteiger partial charge is 0.497 e. The monoisotopic (exact) mass is 447 g/mol. The van der Waals surface area contributed by atoms with Crippen LogP contribution in [0.4, 0.5) is 5.95 Å². The van der Waals surface area contributed by atoms with Crippen LogP contribution in [0.25, 0.3) is 4.96 Å². The minimum Gasteiger partial charge on any atom is -0.497 e. The maximum Gasteiger partial charge on any atom is 0.261 e. The van der Waals surface area contributed by atoms with Crippen molar-refractivity contribution in [3.63, 3.8) is 0 Å². The number of methoxy groups -OCH3 is 1. The summed E-state index contributed by atoms with van der Waals surface area (Å²) in [7, 11) is 1.57.